The van der Waals surface area contributed by atoms with E-state index in [1.165, 1.54) is 33.0 Å². The Labute approximate surface area is 172 Å². The first-order valence-corrected chi connectivity index (χ1v) is 12.5. The van der Waals surface area contributed by atoms with Crippen LogP contribution in [0.3, 0.4) is 0 Å². The van der Waals surface area contributed by atoms with Gasteiger partial charge in [0.2, 0.25) is 0 Å². The van der Waals surface area contributed by atoms with E-state index in [9.17, 15) is 16.8 Å². The van der Waals surface area contributed by atoms with Gasteiger partial charge in [0.05, 0.1) is 0 Å². The van der Waals surface area contributed by atoms with Gasteiger partial charge in [-0.15, -0.1) is 0 Å². The smallest absolute Gasteiger partial charge is 0.181 e. The molecule has 3 N–H and O–H groups in total. The lowest BCUT2D eigenvalue weighted by atomic mass is 9.88. The van der Waals surface area contributed by atoms with Crippen molar-refractivity contribution in [2.75, 3.05) is 11.5 Å². The minimum atomic E-state index is -4.05. The first-order valence-electron chi connectivity index (χ1n) is 9.22. The molecule has 7 nitrogen and oxygen atoms in total. The van der Waals surface area contributed by atoms with Gasteiger partial charge in [0, 0.05) is 23.6 Å². The molecule has 1 atom stereocenters. The quantitative estimate of drug-likeness (QED) is 0.481. The lowest BCUT2D eigenvalue weighted by Crippen LogP contribution is -2.50. The van der Waals surface area contributed by atoms with Crippen LogP contribution in [0.4, 0.5) is 0 Å². The van der Waals surface area contributed by atoms with Crippen LogP contribution >= 0.6 is 0 Å². The fraction of sp³-hybridized carbons (Fsp3) is 0.400. The number of nitrogens with one attached hydrogen (secondary N) is 1. The molecule has 0 saturated carbocycles. The number of nitrogen functional groups attached to an aromatic ring is 1. The minimum absolute atomic E-state index is 0.228. The normalized spacial score (nSPS) is 13.8. The molecule has 0 aliphatic rings. The van der Waals surface area contributed by atoms with E-state index in [-0.39, 0.29) is 23.0 Å². The summed E-state index contributed by atoms with van der Waals surface area (Å²) in [6.45, 7) is 6.04. The number of aromatic nitrogens is 1. The maximum Gasteiger partial charge on any atom is 0.181 e. The van der Waals surface area contributed by atoms with E-state index in [1.807, 2.05) is 13.0 Å². The lowest BCUT2D eigenvalue weighted by Gasteiger charge is -2.37. The molecule has 1 aromatic heterocycles. The number of hydrogen-bond donors (Lipinski definition) is 2. The third-order valence-electron chi connectivity index (χ3n) is 5.29. The summed E-state index contributed by atoms with van der Waals surface area (Å²) in [6, 6.07) is 10.2. The van der Waals surface area contributed by atoms with Crippen LogP contribution in [0, 0.1) is 12.3 Å². The zero-order valence-corrected chi connectivity index (χ0v) is 18.6. The molecule has 0 aliphatic carbocycles. The van der Waals surface area contributed by atoms with Crippen LogP contribution in [-0.4, -0.2) is 43.2 Å². The van der Waals surface area contributed by atoms with Crippen molar-refractivity contribution < 1.29 is 16.8 Å². The molecule has 29 heavy (non-hydrogen) atoms. The van der Waals surface area contributed by atoms with Gasteiger partial charge in [-0.2, -0.15) is 0 Å². The second-order valence-corrected chi connectivity index (χ2v) is 12.6. The fourth-order valence-corrected chi connectivity index (χ4v) is 8.17. The lowest BCUT2D eigenvalue weighted by molar-refractivity contribution is 0.530. The molecule has 0 radical (unpaired) electrons. The largest absolute Gasteiger partial charge is 0.382 e. The topological polar surface area (TPSA) is 131 Å². The highest BCUT2D eigenvalue weighted by Crippen LogP contribution is 2.44. The molecule has 2 aromatic rings. The van der Waals surface area contributed by atoms with Crippen molar-refractivity contribution in [2.24, 2.45) is 5.73 Å². The Morgan fingerprint density at radius 1 is 1.07 bits per heavy atom. The van der Waals surface area contributed by atoms with Gasteiger partial charge in [-0.1, -0.05) is 49.7 Å². The predicted octanol–water partition coefficient (Wildman–Crippen LogP) is 2.39. The summed E-state index contributed by atoms with van der Waals surface area (Å²) in [4.78, 5) is 4.14. The second-order valence-electron chi connectivity index (χ2n) is 7.06. The fourth-order valence-electron chi connectivity index (χ4n) is 3.51. The first kappa shape index (κ1) is 23.0. The third-order valence-corrected chi connectivity index (χ3v) is 11.3. The van der Waals surface area contributed by atoms with E-state index >= 15 is 0 Å². The van der Waals surface area contributed by atoms with Crippen molar-refractivity contribution in [3.8, 4) is 0 Å². The maximum atomic E-state index is 13.2. The van der Waals surface area contributed by atoms with Crippen LogP contribution in [0.1, 0.15) is 49.1 Å². The summed E-state index contributed by atoms with van der Waals surface area (Å²) in [5.74, 6) is -1.85. The number of pyridine rings is 1. The molecule has 1 heterocycles. The van der Waals surface area contributed by atoms with Gasteiger partial charge in [-0.3, -0.25) is 10.4 Å². The Hall–Kier alpha value is -2.26. The van der Waals surface area contributed by atoms with Gasteiger partial charge >= 0.3 is 0 Å². The molecular formula is C20H27N3O4S2. The van der Waals surface area contributed by atoms with Crippen molar-refractivity contribution in [2.45, 2.75) is 37.7 Å². The van der Waals surface area contributed by atoms with Crippen LogP contribution in [0.25, 0.3) is 0 Å². The van der Waals surface area contributed by atoms with Gasteiger partial charge in [0.1, 0.15) is 11.5 Å². The number of aryl methyl sites for hydroxylation is 1. The van der Waals surface area contributed by atoms with Gasteiger partial charge in [-0.25, -0.2) is 16.8 Å². The summed E-state index contributed by atoms with van der Waals surface area (Å²) >= 11 is 0. The Morgan fingerprint density at radius 2 is 1.66 bits per heavy atom. The van der Waals surface area contributed by atoms with E-state index in [0.29, 0.717) is 11.1 Å². The number of hydrogen-bond acceptors (Lipinski definition) is 6. The average Bonchev–Trinajstić information content (AvgIpc) is 2.68. The van der Waals surface area contributed by atoms with Crippen LogP contribution in [-0.2, 0) is 19.7 Å². The van der Waals surface area contributed by atoms with E-state index in [4.69, 9.17) is 11.1 Å². The summed E-state index contributed by atoms with van der Waals surface area (Å²) in [6.07, 6.45) is 1.40. The van der Waals surface area contributed by atoms with Crippen molar-refractivity contribution in [1.29, 1.82) is 5.41 Å². The predicted molar refractivity (Wildman–Crippen MR) is 116 cm³/mol. The Balaban J connectivity index is 2.92. The van der Waals surface area contributed by atoms with Crippen molar-refractivity contribution in [3.05, 3.63) is 65.0 Å². The molecular weight excluding hydrogens is 410 g/mol. The summed E-state index contributed by atoms with van der Waals surface area (Å²) in [7, 11) is -8.09. The third kappa shape index (κ3) is 4.06. The van der Waals surface area contributed by atoms with E-state index in [2.05, 4.69) is 4.98 Å². The van der Waals surface area contributed by atoms with Crippen molar-refractivity contribution >= 4 is 25.5 Å². The highest BCUT2D eigenvalue weighted by molar-refractivity contribution is 8.10. The summed E-state index contributed by atoms with van der Waals surface area (Å²) in [5.41, 5.74) is 7.58. The van der Waals surface area contributed by atoms with Crippen molar-refractivity contribution in [3.63, 3.8) is 0 Å². The summed E-state index contributed by atoms with van der Waals surface area (Å²) < 4.78 is 50.8. The van der Waals surface area contributed by atoms with Crippen molar-refractivity contribution in [1.82, 2.24) is 4.98 Å². The Bertz CT molecular complexity index is 1070. The van der Waals surface area contributed by atoms with Gasteiger partial charge in [0.15, 0.2) is 23.8 Å². The Morgan fingerprint density at radius 3 is 2.07 bits per heavy atom. The van der Waals surface area contributed by atoms with Crippen LogP contribution < -0.4 is 5.73 Å². The Kier molecular flexibility index (Phi) is 6.54. The number of sulfone groups is 2. The van der Waals surface area contributed by atoms with Gasteiger partial charge in [-0.05, 0) is 31.0 Å². The first-order chi connectivity index (χ1) is 13.4. The second kappa shape index (κ2) is 8.23. The van der Waals surface area contributed by atoms with E-state index in [1.54, 1.807) is 24.3 Å². The van der Waals surface area contributed by atoms with Crippen LogP contribution in [0.15, 0.2) is 42.6 Å². The highest BCUT2D eigenvalue weighted by atomic mass is 32.3. The van der Waals surface area contributed by atoms with Crippen LogP contribution in [0.5, 0.6) is 0 Å². The number of rotatable bonds is 8. The van der Waals surface area contributed by atoms with Crippen LogP contribution in [0.2, 0.25) is 0 Å². The molecule has 1 unspecified atom stereocenters. The molecule has 0 saturated heterocycles. The molecule has 2 rings (SSSR count). The molecule has 0 fully saturated rings. The van der Waals surface area contributed by atoms with Gasteiger partial charge in [0.25, 0.3) is 0 Å². The standard InChI is InChI=1S/C20H27N3O4S2/c1-5-28(24,25)20(4,29(26,27)6-2)18(15-9-7-8-14(3)12-15)16-10-11-17(19(21)22)23-13-16/h7-13,18H,5-6H2,1-4H3,(H3,21,22). The molecule has 0 amide bonds. The molecule has 1 aromatic carbocycles. The molecule has 0 spiro atoms. The molecule has 158 valence electrons. The molecule has 0 bridgehead atoms. The number of nitrogens with two attached hydrogens (primary N) is 1. The number of benzene rings is 1. The summed E-state index contributed by atoms with van der Waals surface area (Å²) in [5, 5.41) is 7.51. The highest BCUT2D eigenvalue weighted by Gasteiger charge is 2.55. The zero-order valence-electron chi connectivity index (χ0n) is 17.0. The van der Waals surface area contributed by atoms with E-state index < -0.39 is 29.7 Å². The zero-order chi connectivity index (χ0) is 22.0. The number of nitrogens with zero attached hydrogens (tertiary/aromatic N) is 1. The van der Waals surface area contributed by atoms with Gasteiger partial charge < -0.3 is 5.73 Å². The molecule has 9 heteroatoms. The van der Waals surface area contributed by atoms with E-state index in [0.717, 1.165) is 5.56 Å². The minimum Gasteiger partial charge on any atom is -0.382 e. The monoisotopic (exact) mass is 437 g/mol. The SMILES string of the molecule is CCS(=O)(=O)C(C)(C(c1ccc(C(=N)N)nc1)c1cccc(C)c1)S(=O)(=O)CC. The average molecular weight is 438 g/mol. The molecule has 0 aliphatic heterocycles. The maximum absolute atomic E-state index is 13.2. The number of amidine groups is 1.